The van der Waals surface area contributed by atoms with E-state index in [1.165, 1.54) is 19.2 Å². The molecule has 4 heteroatoms. The van der Waals surface area contributed by atoms with E-state index in [9.17, 15) is 13.2 Å². The number of benzene rings is 1. The minimum atomic E-state index is -2.28. The van der Waals surface area contributed by atoms with Crippen molar-refractivity contribution < 1.29 is 17.9 Å². The fourth-order valence-electron chi connectivity index (χ4n) is 1.33. The van der Waals surface area contributed by atoms with Gasteiger partial charge in [0.1, 0.15) is 0 Å². The number of hydrogen-bond acceptors (Lipinski definition) is 1. The summed E-state index contributed by atoms with van der Waals surface area (Å²) in [6.07, 6.45) is -1.60. The first kappa shape index (κ1) is 11.9. The quantitative estimate of drug-likeness (QED) is 0.735. The van der Waals surface area contributed by atoms with E-state index >= 15 is 0 Å². The van der Waals surface area contributed by atoms with E-state index in [0.717, 1.165) is 0 Å². The number of methoxy groups -OCH3 is 1. The highest BCUT2D eigenvalue weighted by Gasteiger charge is 2.05. The van der Waals surface area contributed by atoms with Crippen LogP contribution in [0.25, 0.3) is 0 Å². The van der Waals surface area contributed by atoms with Gasteiger partial charge in [0.25, 0.3) is 0 Å². The highest BCUT2D eigenvalue weighted by atomic mass is 19.3. The van der Waals surface area contributed by atoms with E-state index in [-0.39, 0.29) is 12.2 Å². The zero-order valence-electron chi connectivity index (χ0n) is 8.47. The fourth-order valence-corrected chi connectivity index (χ4v) is 1.33. The number of alkyl halides is 2. The topological polar surface area (TPSA) is 9.23 Å². The lowest BCUT2D eigenvalue weighted by atomic mass is 10.1. The summed E-state index contributed by atoms with van der Waals surface area (Å²) in [6, 6.07) is 4.52. The second-order valence-corrected chi connectivity index (χ2v) is 3.25. The molecule has 0 N–H and O–H groups in total. The Morgan fingerprint density at radius 2 is 2.07 bits per heavy atom. The first-order valence-electron chi connectivity index (χ1n) is 4.74. The van der Waals surface area contributed by atoms with Gasteiger partial charge >= 0.3 is 0 Å². The van der Waals surface area contributed by atoms with Gasteiger partial charge in [-0.1, -0.05) is 6.07 Å². The lowest BCUT2D eigenvalue weighted by Crippen LogP contribution is -1.94. The Morgan fingerprint density at radius 1 is 1.33 bits per heavy atom. The van der Waals surface area contributed by atoms with Crippen LogP contribution in [0.5, 0.6) is 5.75 Å². The van der Waals surface area contributed by atoms with Crippen LogP contribution >= 0.6 is 0 Å². The van der Waals surface area contributed by atoms with E-state index in [4.69, 9.17) is 4.74 Å². The van der Waals surface area contributed by atoms with Crippen molar-refractivity contribution in [3.05, 3.63) is 29.6 Å². The highest BCUT2D eigenvalue weighted by molar-refractivity contribution is 5.29. The molecule has 0 aromatic heterocycles. The van der Waals surface area contributed by atoms with E-state index in [1.807, 2.05) is 0 Å². The Kier molecular flexibility index (Phi) is 4.46. The monoisotopic (exact) mass is 218 g/mol. The number of ether oxygens (including phenoxy) is 1. The van der Waals surface area contributed by atoms with Crippen LogP contribution in [0.1, 0.15) is 18.4 Å². The Bertz CT molecular complexity index is 313. The fraction of sp³-hybridized carbons (Fsp3) is 0.455. The summed E-state index contributed by atoms with van der Waals surface area (Å²) in [5.41, 5.74) is 0.717. The van der Waals surface area contributed by atoms with Crippen molar-refractivity contribution in [2.45, 2.75) is 25.7 Å². The molecular formula is C11H13F3O. The molecule has 1 aromatic rings. The van der Waals surface area contributed by atoms with Crippen molar-refractivity contribution in [3.63, 3.8) is 0 Å². The van der Waals surface area contributed by atoms with E-state index < -0.39 is 12.2 Å². The van der Waals surface area contributed by atoms with Crippen LogP contribution in [0.4, 0.5) is 13.2 Å². The molecule has 0 aliphatic heterocycles. The molecule has 0 aliphatic rings. The molecule has 0 heterocycles. The van der Waals surface area contributed by atoms with Crippen LogP contribution in [0.2, 0.25) is 0 Å². The molecule has 84 valence electrons. The minimum Gasteiger partial charge on any atom is -0.494 e. The molecule has 0 saturated heterocycles. The van der Waals surface area contributed by atoms with Gasteiger partial charge in [0.05, 0.1) is 7.11 Å². The van der Waals surface area contributed by atoms with Gasteiger partial charge in [0, 0.05) is 6.42 Å². The van der Waals surface area contributed by atoms with E-state index in [0.29, 0.717) is 18.4 Å². The molecule has 0 spiro atoms. The third kappa shape index (κ3) is 3.81. The average molecular weight is 218 g/mol. The number of aryl methyl sites for hydroxylation is 1. The van der Waals surface area contributed by atoms with Crippen molar-refractivity contribution in [3.8, 4) is 5.75 Å². The van der Waals surface area contributed by atoms with Crippen LogP contribution in [0, 0.1) is 5.82 Å². The summed E-state index contributed by atoms with van der Waals surface area (Å²) in [4.78, 5) is 0. The third-order valence-corrected chi connectivity index (χ3v) is 2.10. The lowest BCUT2D eigenvalue weighted by molar-refractivity contribution is 0.135. The van der Waals surface area contributed by atoms with Crippen LogP contribution < -0.4 is 4.74 Å². The predicted octanol–water partition coefficient (Wildman–Crippen LogP) is 3.42. The molecule has 0 unspecified atom stereocenters. The number of hydrogen-bond donors (Lipinski definition) is 0. The Labute approximate surface area is 86.9 Å². The van der Waals surface area contributed by atoms with E-state index in [2.05, 4.69) is 0 Å². The first-order valence-corrected chi connectivity index (χ1v) is 4.74. The first-order chi connectivity index (χ1) is 7.13. The Morgan fingerprint density at radius 3 is 2.60 bits per heavy atom. The maximum Gasteiger partial charge on any atom is 0.238 e. The maximum absolute atomic E-state index is 13.2. The molecule has 0 bridgehead atoms. The molecule has 0 aliphatic carbocycles. The molecule has 0 saturated carbocycles. The largest absolute Gasteiger partial charge is 0.494 e. The SMILES string of the molecule is COc1ccc(CCCC(F)F)cc1F. The van der Waals surface area contributed by atoms with Crippen LogP contribution in [-0.2, 0) is 6.42 Å². The smallest absolute Gasteiger partial charge is 0.238 e. The van der Waals surface area contributed by atoms with Crippen LogP contribution in [-0.4, -0.2) is 13.5 Å². The minimum absolute atomic E-state index is 0.145. The summed E-state index contributed by atoms with van der Waals surface area (Å²) in [6.45, 7) is 0. The Balaban J connectivity index is 2.52. The van der Waals surface area contributed by atoms with Crippen LogP contribution in [0.3, 0.4) is 0 Å². The molecule has 1 nitrogen and oxygen atoms in total. The third-order valence-electron chi connectivity index (χ3n) is 2.10. The summed E-state index contributed by atoms with van der Waals surface area (Å²) < 4.78 is 41.6. The second-order valence-electron chi connectivity index (χ2n) is 3.25. The van der Waals surface area contributed by atoms with Gasteiger partial charge in [-0.2, -0.15) is 0 Å². The molecule has 0 amide bonds. The zero-order valence-corrected chi connectivity index (χ0v) is 8.47. The molecule has 0 fully saturated rings. The number of halogens is 3. The second kappa shape index (κ2) is 5.63. The van der Waals surface area contributed by atoms with Crippen molar-refractivity contribution in [2.24, 2.45) is 0 Å². The average Bonchev–Trinajstić information content (AvgIpc) is 2.17. The molecule has 0 atom stereocenters. The van der Waals surface area contributed by atoms with Gasteiger partial charge in [-0.3, -0.25) is 0 Å². The van der Waals surface area contributed by atoms with Gasteiger partial charge in [0.15, 0.2) is 11.6 Å². The number of rotatable bonds is 5. The van der Waals surface area contributed by atoms with Crippen molar-refractivity contribution in [1.29, 1.82) is 0 Å². The molecule has 1 rings (SSSR count). The summed E-state index contributed by atoms with van der Waals surface area (Å²) in [5.74, 6) is -0.278. The molecular weight excluding hydrogens is 205 g/mol. The highest BCUT2D eigenvalue weighted by Crippen LogP contribution is 2.19. The normalized spacial score (nSPS) is 10.7. The van der Waals surface area contributed by atoms with Gasteiger partial charge in [-0.25, -0.2) is 13.2 Å². The van der Waals surface area contributed by atoms with Crippen LogP contribution in [0.15, 0.2) is 18.2 Å². The lowest BCUT2D eigenvalue weighted by Gasteiger charge is -2.05. The molecule has 1 aromatic carbocycles. The van der Waals surface area contributed by atoms with E-state index in [1.54, 1.807) is 6.07 Å². The summed E-state index contributed by atoms with van der Waals surface area (Å²) >= 11 is 0. The standard InChI is InChI=1S/C11H13F3O/c1-15-10-6-5-8(7-9(10)12)3-2-4-11(13)14/h5-7,11H,2-4H2,1H3. The van der Waals surface area contributed by atoms with Gasteiger partial charge in [-0.05, 0) is 30.5 Å². The predicted molar refractivity (Wildman–Crippen MR) is 51.9 cm³/mol. The molecule has 15 heavy (non-hydrogen) atoms. The van der Waals surface area contributed by atoms with Crippen molar-refractivity contribution >= 4 is 0 Å². The summed E-state index contributed by atoms with van der Waals surface area (Å²) in [5, 5.41) is 0. The van der Waals surface area contributed by atoms with Crippen molar-refractivity contribution in [1.82, 2.24) is 0 Å². The molecule has 0 radical (unpaired) electrons. The zero-order chi connectivity index (χ0) is 11.3. The Hall–Kier alpha value is -1.19. The van der Waals surface area contributed by atoms with Crippen molar-refractivity contribution in [2.75, 3.05) is 7.11 Å². The van der Waals surface area contributed by atoms with Gasteiger partial charge in [0.2, 0.25) is 6.43 Å². The van der Waals surface area contributed by atoms with Gasteiger partial charge in [-0.15, -0.1) is 0 Å². The maximum atomic E-state index is 13.2. The summed E-state index contributed by atoms with van der Waals surface area (Å²) in [7, 11) is 1.38. The van der Waals surface area contributed by atoms with Gasteiger partial charge < -0.3 is 4.74 Å².